The van der Waals surface area contributed by atoms with Crippen LogP contribution in [-0.2, 0) is 0 Å². The van der Waals surface area contributed by atoms with Gasteiger partial charge in [-0.3, -0.25) is 20.1 Å². The monoisotopic (exact) mass is 314 g/mol. The molecule has 0 aromatic heterocycles. The molecule has 0 heterocycles. The van der Waals surface area contributed by atoms with Gasteiger partial charge in [0.25, 0.3) is 5.91 Å². The lowest BCUT2D eigenvalue weighted by molar-refractivity contribution is 0.0704. The van der Waals surface area contributed by atoms with E-state index in [4.69, 9.17) is 17.3 Å². The van der Waals surface area contributed by atoms with Gasteiger partial charge < -0.3 is 5.32 Å². The highest BCUT2D eigenvalue weighted by molar-refractivity contribution is 6.34. The van der Waals surface area contributed by atoms with E-state index in [1.54, 1.807) is 24.3 Å². The fourth-order valence-electron chi connectivity index (χ4n) is 2.40. The van der Waals surface area contributed by atoms with E-state index in [9.17, 15) is 14.4 Å². The van der Waals surface area contributed by atoms with Crippen LogP contribution in [0.4, 0.5) is 0 Å². The third-order valence-electron chi connectivity index (χ3n) is 3.53. The topological polar surface area (TPSA) is 89.3 Å². The number of carbonyl (C=O) groups excluding carboxylic acids is 3. The summed E-state index contributed by atoms with van der Waals surface area (Å²) in [6.45, 7) is 0. The number of hydrogen-bond donors (Lipinski definition) is 2. The summed E-state index contributed by atoms with van der Waals surface area (Å²) in [4.78, 5) is 37.0. The first-order chi connectivity index (χ1) is 10.4. The van der Waals surface area contributed by atoms with Crippen molar-refractivity contribution < 1.29 is 14.4 Å². The Morgan fingerprint density at radius 1 is 1.00 bits per heavy atom. The summed E-state index contributed by atoms with van der Waals surface area (Å²) in [5.41, 5.74) is 4.46. The Morgan fingerprint density at radius 2 is 1.59 bits per heavy atom. The van der Waals surface area contributed by atoms with E-state index in [-0.39, 0.29) is 16.7 Å². The number of benzene rings is 2. The normalized spacial score (nSPS) is 15.5. The van der Waals surface area contributed by atoms with Gasteiger partial charge in [0.2, 0.25) is 17.2 Å². The summed E-state index contributed by atoms with van der Waals surface area (Å²) in [6, 6.07) is 12.4. The Kier molecular flexibility index (Phi) is 3.31. The quantitative estimate of drug-likeness (QED) is 0.653. The van der Waals surface area contributed by atoms with Gasteiger partial charge in [0.05, 0.1) is 0 Å². The average Bonchev–Trinajstić information content (AvgIpc) is 2.70. The second-order valence-corrected chi connectivity index (χ2v) is 5.41. The molecule has 0 aliphatic heterocycles. The minimum absolute atomic E-state index is 0.210. The molecule has 5 nitrogen and oxygen atoms in total. The molecule has 1 aliphatic carbocycles. The third kappa shape index (κ3) is 2.11. The van der Waals surface area contributed by atoms with Crippen LogP contribution in [0.3, 0.4) is 0 Å². The maximum absolute atomic E-state index is 12.4. The van der Waals surface area contributed by atoms with Crippen LogP contribution in [0.25, 0.3) is 0 Å². The number of ketones is 2. The predicted molar refractivity (Wildman–Crippen MR) is 80.9 cm³/mol. The Labute approximate surface area is 131 Å². The van der Waals surface area contributed by atoms with E-state index in [2.05, 4.69) is 5.32 Å². The summed E-state index contributed by atoms with van der Waals surface area (Å²) in [6.07, 6.45) is 0. The van der Waals surface area contributed by atoms with Crippen LogP contribution in [-0.4, -0.2) is 23.1 Å². The molecule has 0 radical (unpaired) electrons. The largest absolute Gasteiger partial charge is 0.321 e. The Hall–Kier alpha value is -2.50. The molecule has 2 aromatic carbocycles. The average molecular weight is 315 g/mol. The third-order valence-corrected chi connectivity index (χ3v) is 3.77. The molecule has 0 atom stereocenters. The highest BCUT2D eigenvalue weighted by Crippen LogP contribution is 2.27. The first-order valence-electron chi connectivity index (χ1n) is 6.49. The maximum atomic E-state index is 12.4. The van der Waals surface area contributed by atoms with Crippen molar-refractivity contribution in [1.82, 2.24) is 5.32 Å². The van der Waals surface area contributed by atoms with Crippen LogP contribution in [0.1, 0.15) is 31.1 Å². The van der Waals surface area contributed by atoms with Gasteiger partial charge in [-0.25, -0.2) is 0 Å². The number of hydrogen-bond acceptors (Lipinski definition) is 4. The van der Waals surface area contributed by atoms with Crippen molar-refractivity contribution >= 4 is 29.1 Å². The lowest BCUT2D eigenvalue weighted by Gasteiger charge is -2.22. The summed E-state index contributed by atoms with van der Waals surface area (Å²) in [5.74, 6) is -1.88. The molecule has 0 bridgehead atoms. The van der Waals surface area contributed by atoms with Crippen molar-refractivity contribution in [3.05, 3.63) is 70.2 Å². The van der Waals surface area contributed by atoms with Crippen LogP contribution in [0.5, 0.6) is 0 Å². The molecule has 3 N–H and O–H groups in total. The summed E-state index contributed by atoms with van der Waals surface area (Å²) < 4.78 is 0. The van der Waals surface area contributed by atoms with Crippen LogP contribution in [0.2, 0.25) is 5.02 Å². The van der Waals surface area contributed by atoms with Crippen molar-refractivity contribution in [1.29, 1.82) is 0 Å². The van der Waals surface area contributed by atoms with Gasteiger partial charge >= 0.3 is 0 Å². The second kappa shape index (κ2) is 5.05. The lowest BCUT2D eigenvalue weighted by atomic mass is 10.0. The summed E-state index contributed by atoms with van der Waals surface area (Å²) in [5, 5.41) is 2.69. The van der Waals surface area contributed by atoms with E-state index in [1.165, 1.54) is 24.3 Å². The predicted octanol–water partition coefficient (Wildman–Crippen LogP) is 1.80. The van der Waals surface area contributed by atoms with Crippen LogP contribution >= 0.6 is 11.6 Å². The van der Waals surface area contributed by atoms with Crippen LogP contribution in [0, 0.1) is 0 Å². The minimum Gasteiger partial charge on any atom is -0.321 e. The molecule has 0 saturated carbocycles. The molecule has 6 heteroatoms. The maximum Gasteiger partial charge on any atom is 0.253 e. The van der Waals surface area contributed by atoms with Crippen molar-refractivity contribution in [2.75, 3.05) is 0 Å². The van der Waals surface area contributed by atoms with Crippen LogP contribution < -0.4 is 11.1 Å². The number of fused-ring (bicyclic) bond motifs is 1. The molecule has 0 spiro atoms. The van der Waals surface area contributed by atoms with E-state index in [0.29, 0.717) is 5.02 Å². The Bertz CT molecular complexity index is 782. The number of amides is 1. The molecule has 0 saturated heterocycles. The van der Waals surface area contributed by atoms with Crippen molar-refractivity contribution in [2.24, 2.45) is 5.73 Å². The zero-order valence-electron chi connectivity index (χ0n) is 11.3. The molecule has 22 heavy (non-hydrogen) atoms. The van der Waals surface area contributed by atoms with Gasteiger partial charge in [0.1, 0.15) is 0 Å². The van der Waals surface area contributed by atoms with Gasteiger partial charge in [-0.15, -0.1) is 0 Å². The smallest absolute Gasteiger partial charge is 0.253 e. The molecule has 0 unspecified atom stereocenters. The Morgan fingerprint density at radius 3 is 2.14 bits per heavy atom. The Balaban J connectivity index is 1.94. The highest BCUT2D eigenvalue weighted by Gasteiger charge is 2.51. The number of Topliss-reactive ketones (excluding diaryl/α,β-unsaturated/α-hetero) is 2. The van der Waals surface area contributed by atoms with Gasteiger partial charge in [0, 0.05) is 21.7 Å². The zero-order chi connectivity index (χ0) is 15.9. The SMILES string of the molecule is NC1(NC(=O)c2cccc(Cl)c2)C(=O)c2ccccc2C1=O. The molecular weight excluding hydrogens is 304 g/mol. The summed E-state index contributed by atoms with van der Waals surface area (Å²) in [7, 11) is 0. The standard InChI is InChI=1S/C16H11ClN2O3/c17-10-5-3-4-9(8-10)15(22)19-16(18)13(20)11-6-1-2-7-12(11)14(16)21/h1-8H,18H2,(H,19,22). The molecule has 1 amide bonds. The van der Waals surface area contributed by atoms with E-state index in [1.807, 2.05) is 0 Å². The number of carbonyl (C=O) groups is 3. The molecule has 0 fully saturated rings. The van der Waals surface area contributed by atoms with Gasteiger partial charge in [-0.2, -0.15) is 0 Å². The molecule has 110 valence electrons. The first kappa shape index (κ1) is 14.4. The van der Waals surface area contributed by atoms with Crippen molar-refractivity contribution in [2.45, 2.75) is 5.66 Å². The number of rotatable bonds is 2. The van der Waals surface area contributed by atoms with Gasteiger partial charge in [-0.1, -0.05) is 41.9 Å². The fourth-order valence-corrected chi connectivity index (χ4v) is 2.59. The molecule has 2 aromatic rings. The van der Waals surface area contributed by atoms with Gasteiger partial charge in [-0.05, 0) is 18.2 Å². The minimum atomic E-state index is -2.08. The number of nitrogens with one attached hydrogen (secondary N) is 1. The number of nitrogens with two attached hydrogens (primary N) is 1. The molecule has 3 rings (SSSR count). The summed E-state index contributed by atoms with van der Waals surface area (Å²) >= 11 is 5.83. The zero-order valence-corrected chi connectivity index (χ0v) is 12.1. The van der Waals surface area contributed by atoms with Gasteiger partial charge in [0.15, 0.2) is 0 Å². The van der Waals surface area contributed by atoms with E-state index >= 15 is 0 Å². The lowest BCUT2D eigenvalue weighted by Crippen LogP contribution is -2.63. The fraction of sp³-hybridized carbons (Fsp3) is 0.0625. The van der Waals surface area contributed by atoms with E-state index < -0.39 is 23.1 Å². The second-order valence-electron chi connectivity index (χ2n) is 4.98. The molecular formula is C16H11ClN2O3. The molecule has 1 aliphatic rings. The van der Waals surface area contributed by atoms with E-state index in [0.717, 1.165) is 0 Å². The van der Waals surface area contributed by atoms with Crippen molar-refractivity contribution in [3.63, 3.8) is 0 Å². The number of halogens is 1. The first-order valence-corrected chi connectivity index (χ1v) is 6.87. The highest BCUT2D eigenvalue weighted by atomic mass is 35.5. The van der Waals surface area contributed by atoms with Crippen molar-refractivity contribution in [3.8, 4) is 0 Å². The van der Waals surface area contributed by atoms with Crippen LogP contribution in [0.15, 0.2) is 48.5 Å².